The molecule has 4 heteroatoms. The molecule has 10 rings (SSSR count). The van der Waals surface area contributed by atoms with Gasteiger partial charge in [0.1, 0.15) is 5.84 Å². The average molecular weight is 830 g/mol. The first-order valence-corrected chi connectivity index (χ1v) is 22.5. The first-order chi connectivity index (χ1) is 31.1. The highest BCUT2D eigenvalue weighted by Crippen LogP contribution is 2.41. The van der Waals surface area contributed by atoms with Gasteiger partial charge >= 0.3 is 0 Å². The molecule has 2 unspecified atom stereocenters. The summed E-state index contributed by atoms with van der Waals surface area (Å²) < 4.78 is 2.53. The van der Waals surface area contributed by atoms with E-state index in [2.05, 4.69) is 225 Å². The maximum atomic E-state index is 6.87. The zero-order valence-corrected chi connectivity index (χ0v) is 36.0. The molecule has 304 valence electrons. The number of hydrogen-bond donors (Lipinski definition) is 2. The van der Waals surface area contributed by atoms with Crippen molar-refractivity contribution in [2.24, 2.45) is 10.7 Å². The lowest BCUT2D eigenvalue weighted by atomic mass is 9.92. The van der Waals surface area contributed by atoms with Gasteiger partial charge in [-0.1, -0.05) is 200 Å². The van der Waals surface area contributed by atoms with E-state index >= 15 is 0 Å². The van der Waals surface area contributed by atoms with Crippen molar-refractivity contribution in [2.75, 3.05) is 6.54 Å². The van der Waals surface area contributed by atoms with E-state index in [1.165, 1.54) is 75.8 Å². The second-order valence-electron chi connectivity index (χ2n) is 16.1. The van der Waals surface area contributed by atoms with Crippen LogP contribution in [0.15, 0.2) is 229 Å². The molecule has 9 aromatic carbocycles. The summed E-state index contributed by atoms with van der Waals surface area (Å²) in [6.45, 7) is 2.74. The van der Waals surface area contributed by atoms with E-state index in [1.54, 1.807) is 0 Å². The Hall–Kier alpha value is -7.37. The largest absolute Gasteiger partial charge is 0.368 e. The predicted molar refractivity (Wildman–Crippen MR) is 269 cm³/mol. The minimum Gasteiger partial charge on any atom is -0.368 e. The van der Waals surface area contributed by atoms with Crippen LogP contribution in [0.5, 0.6) is 0 Å². The van der Waals surface area contributed by atoms with E-state index < -0.39 is 0 Å². The van der Waals surface area contributed by atoms with Crippen LogP contribution in [0.25, 0.3) is 75.8 Å². The molecule has 0 radical (unpaired) electrons. The number of nitrogens with two attached hydrogens (primary N) is 1. The first kappa shape index (κ1) is 39.7. The zero-order chi connectivity index (χ0) is 42.5. The van der Waals surface area contributed by atoms with E-state index in [9.17, 15) is 0 Å². The molecule has 0 amide bonds. The number of rotatable bonds is 11. The molecule has 2 atom stereocenters. The highest BCUT2D eigenvalue weighted by molar-refractivity contribution is 7.25. The first-order valence-electron chi connectivity index (χ1n) is 21.6. The van der Waals surface area contributed by atoms with Crippen molar-refractivity contribution in [3.8, 4) is 55.6 Å². The van der Waals surface area contributed by atoms with Crippen LogP contribution in [0.2, 0.25) is 0 Å². The standard InChI is InChI=1S/C59H47N3S/c1-40(62-59(47-19-9-4-10-20-47)61-39-55(60)50-22-13-21-48(37-50)42-17-7-3-8-18-42)51-25-14-26-57-58(51)54-38-49(35-36-56(54)63-57)44-29-33-46(34-30-44)53-24-12-11-23-52(53)45-31-27-43(28-32-45)41-15-5-2-6-16-41/h2-38,40,55H,39,60H2,1H3,(H,61,62). The normalized spacial score (nSPS) is 12.6. The summed E-state index contributed by atoms with van der Waals surface area (Å²) in [5.74, 6) is 0.834. The molecule has 0 fully saturated rings. The lowest BCUT2D eigenvalue weighted by molar-refractivity contribution is 0.684. The minimum atomic E-state index is -0.220. The maximum absolute atomic E-state index is 6.87. The van der Waals surface area contributed by atoms with Gasteiger partial charge in [0.25, 0.3) is 0 Å². The Morgan fingerprint density at radius 2 is 0.968 bits per heavy atom. The van der Waals surface area contributed by atoms with Gasteiger partial charge in [-0.3, -0.25) is 4.99 Å². The quantitative estimate of drug-likeness (QED) is 0.101. The van der Waals surface area contributed by atoms with Gasteiger partial charge in [-0.2, -0.15) is 0 Å². The van der Waals surface area contributed by atoms with Crippen LogP contribution >= 0.6 is 11.3 Å². The molecular weight excluding hydrogens is 783 g/mol. The topological polar surface area (TPSA) is 50.4 Å². The Kier molecular flexibility index (Phi) is 11.3. The SMILES string of the molecule is CC(N=C(NCC(N)c1cccc(-c2ccccc2)c1)c1ccccc1)c1cccc2sc3ccc(-c4ccc(-c5ccccc5-c5ccc(-c6ccccc6)cc5)cc4)cc3c12. The second kappa shape index (κ2) is 17.9. The third-order valence-corrected chi connectivity index (χ3v) is 13.2. The third-order valence-electron chi connectivity index (χ3n) is 12.0. The van der Waals surface area contributed by atoms with Crippen molar-refractivity contribution >= 4 is 37.3 Å². The number of aliphatic imine (C=N–C) groups is 1. The van der Waals surface area contributed by atoms with Crippen molar-refractivity contribution in [1.82, 2.24) is 5.32 Å². The smallest absolute Gasteiger partial charge is 0.128 e. The van der Waals surface area contributed by atoms with Crippen LogP contribution in [0.4, 0.5) is 0 Å². The van der Waals surface area contributed by atoms with Crippen LogP contribution in [-0.4, -0.2) is 12.4 Å². The number of nitrogens with zero attached hydrogens (tertiary/aromatic N) is 1. The summed E-state index contributed by atoms with van der Waals surface area (Å²) in [5.41, 5.74) is 22.2. The lowest BCUT2D eigenvalue weighted by Gasteiger charge is -2.19. The molecule has 1 aromatic heterocycles. The molecule has 0 saturated carbocycles. The molecule has 3 nitrogen and oxygen atoms in total. The number of amidine groups is 1. The van der Waals surface area contributed by atoms with Crippen LogP contribution in [-0.2, 0) is 0 Å². The molecule has 0 aliphatic heterocycles. The van der Waals surface area contributed by atoms with Gasteiger partial charge in [0.15, 0.2) is 0 Å². The monoisotopic (exact) mass is 829 g/mol. The maximum Gasteiger partial charge on any atom is 0.128 e. The van der Waals surface area contributed by atoms with E-state index in [-0.39, 0.29) is 12.1 Å². The van der Waals surface area contributed by atoms with Gasteiger partial charge in [-0.25, -0.2) is 0 Å². The fraction of sp³-hybridized carbons (Fsp3) is 0.0678. The molecule has 10 aromatic rings. The molecule has 0 aliphatic carbocycles. The number of hydrogen-bond acceptors (Lipinski definition) is 3. The summed E-state index contributed by atoms with van der Waals surface area (Å²) in [4.78, 5) is 5.41. The molecule has 0 bridgehead atoms. The Morgan fingerprint density at radius 1 is 0.476 bits per heavy atom. The number of benzene rings is 9. The van der Waals surface area contributed by atoms with Crippen molar-refractivity contribution in [2.45, 2.75) is 19.0 Å². The van der Waals surface area contributed by atoms with E-state index in [0.717, 1.165) is 22.5 Å². The Bertz CT molecular complexity index is 3170. The highest BCUT2D eigenvalue weighted by atomic mass is 32.1. The van der Waals surface area contributed by atoms with Crippen molar-refractivity contribution in [3.05, 3.63) is 241 Å². The van der Waals surface area contributed by atoms with Gasteiger partial charge in [-0.15, -0.1) is 11.3 Å². The van der Waals surface area contributed by atoms with Crippen molar-refractivity contribution in [1.29, 1.82) is 0 Å². The summed E-state index contributed by atoms with van der Waals surface area (Å²) in [7, 11) is 0. The van der Waals surface area contributed by atoms with Crippen molar-refractivity contribution < 1.29 is 0 Å². The molecule has 3 N–H and O–H groups in total. The lowest BCUT2D eigenvalue weighted by Crippen LogP contribution is -2.33. The van der Waals surface area contributed by atoms with Crippen LogP contribution in [0.1, 0.15) is 35.7 Å². The molecular formula is C59H47N3S. The highest BCUT2D eigenvalue weighted by Gasteiger charge is 2.18. The molecule has 0 spiro atoms. The number of thiophene rings is 1. The molecule has 1 heterocycles. The van der Waals surface area contributed by atoms with Gasteiger partial charge in [-0.05, 0) is 98.0 Å². The molecule has 63 heavy (non-hydrogen) atoms. The van der Waals surface area contributed by atoms with Crippen molar-refractivity contribution in [3.63, 3.8) is 0 Å². The van der Waals surface area contributed by atoms with Gasteiger partial charge in [0.05, 0.1) is 6.04 Å². The summed E-state index contributed by atoms with van der Waals surface area (Å²) >= 11 is 1.84. The minimum absolute atomic E-state index is 0.121. The molecule has 0 saturated heterocycles. The van der Waals surface area contributed by atoms with E-state index in [0.29, 0.717) is 6.54 Å². The summed E-state index contributed by atoms with van der Waals surface area (Å²) in [6, 6.07) is 79.7. The van der Waals surface area contributed by atoms with E-state index in [4.69, 9.17) is 10.7 Å². The average Bonchev–Trinajstić information content (AvgIpc) is 3.74. The second-order valence-corrected chi connectivity index (χ2v) is 17.2. The fourth-order valence-corrected chi connectivity index (χ4v) is 9.79. The van der Waals surface area contributed by atoms with Gasteiger partial charge in [0, 0.05) is 38.3 Å². The Morgan fingerprint density at radius 3 is 1.62 bits per heavy atom. The Balaban J connectivity index is 0.928. The third kappa shape index (κ3) is 8.47. The van der Waals surface area contributed by atoms with Crippen LogP contribution < -0.4 is 11.1 Å². The zero-order valence-electron chi connectivity index (χ0n) is 35.2. The predicted octanol–water partition coefficient (Wildman–Crippen LogP) is 15.2. The van der Waals surface area contributed by atoms with Crippen LogP contribution in [0.3, 0.4) is 0 Å². The van der Waals surface area contributed by atoms with Gasteiger partial charge < -0.3 is 11.1 Å². The number of fused-ring (bicyclic) bond motifs is 3. The van der Waals surface area contributed by atoms with E-state index in [1.807, 2.05) is 23.5 Å². The fourth-order valence-electron chi connectivity index (χ4n) is 8.67. The summed E-state index contributed by atoms with van der Waals surface area (Å²) in [6.07, 6.45) is 0. The molecule has 0 aliphatic rings. The van der Waals surface area contributed by atoms with Crippen LogP contribution in [0, 0.1) is 0 Å². The Labute approximate surface area is 373 Å². The van der Waals surface area contributed by atoms with Gasteiger partial charge in [0.2, 0.25) is 0 Å². The summed E-state index contributed by atoms with van der Waals surface area (Å²) in [5, 5.41) is 6.19. The number of nitrogens with one attached hydrogen (secondary N) is 1.